The molecular formula is C18H27N7O8S. The maximum Gasteiger partial charge on any atom is 0.327 e. The first-order chi connectivity index (χ1) is 15.9. The van der Waals surface area contributed by atoms with Crippen LogP contribution in [0.1, 0.15) is 25.0 Å². The van der Waals surface area contributed by atoms with Crippen LogP contribution in [0.4, 0.5) is 0 Å². The number of nitrogens with zero attached hydrogens (tertiary/aromatic N) is 1. The monoisotopic (exact) mass is 501 g/mol. The third-order valence-electron chi connectivity index (χ3n) is 4.46. The van der Waals surface area contributed by atoms with Gasteiger partial charge in [0.25, 0.3) is 0 Å². The van der Waals surface area contributed by atoms with Crippen LogP contribution in [-0.4, -0.2) is 85.7 Å². The molecule has 4 atom stereocenters. The lowest BCUT2D eigenvalue weighted by Crippen LogP contribution is -2.58. The molecule has 0 spiro atoms. The van der Waals surface area contributed by atoms with Crippen molar-refractivity contribution in [1.82, 2.24) is 25.9 Å². The molecule has 34 heavy (non-hydrogen) atoms. The number of H-pyrrole nitrogens is 1. The summed E-state index contributed by atoms with van der Waals surface area (Å²) >= 11 is 3.81. The SMILES string of the molecule is NC(=O)CCC(N)C(=O)NC(Cc1cnc[nH]1)C(=O)NC(CC(=O)O)C(=O)NC(CS)C(=O)O. The molecule has 1 rings (SSSR count). The fourth-order valence-electron chi connectivity index (χ4n) is 2.65. The summed E-state index contributed by atoms with van der Waals surface area (Å²) in [6, 6.07) is -5.57. The van der Waals surface area contributed by atoms with Crippen molar-refractivity contribution >= 4 is 48.2 Å². The van der Waals surface area contributed by atoms with Gasteiger partial charge in [-0.2, -0.15) is 12.6 Å². The highest BCUT2D eigenvalue weighted by atomic mass is 32.1. The fraction of sp³-hybridized carbons (Fsp3) is 0.500. The summed E-state index contributed by atoms with van der Waals surface area (Å²) in [5.41, 5.74) is 11.2. The van der Waals surface area contributed by atoms with Crippen LogP contribution in [0, 0.1) is 0 Å². The third kappa shape index (κ3) is 9.86. The summed E-state index contributed by atoms with van der Waals surface area (Å²) in [5, 5.41) is 24.9. The van der Waals surface area contributed by atoms with Gasteiger partial charge in [0.2, 0.25) is 23.6 Å². The Balaban J connectivity index is 3.01. The zero-order valence-corrected chi connectivity index (χ0v) is 18.8. The van der Waals surface area contributed by atoms with Crippen molar-refractivity contribution in [2.24, 2.45) is 11.5 Å². The van der Waals surface area contributed by atoms with E-state index < -0.39 is 66.2 Å². The predicted octanol–water partition coefficient (Wildman–Crippen LogP) is -3.51. The fourth-order valence-corrected chi connectivity index (χ4v) is 2.89. The zero-order chi connectivity index (χ0) is 25.8. The molecule has 4 amide bonds. The zero-order valence-electron chi connectivity index (χ0n) is 17.9. The predicted molar refractivity (Wildman–Crippen MR) is 118 cm³/mol. The number of primary amides is 1. The van der Waals surface area contributed by atoms with Crippen LogP contribution in [0.5, 0.6) is 0 Å². The molecular weight excluding hydrogens is 474 g/mol. The van der Waals surface area contributed by atoms with E-state index in [9.17, 15) is 28.8 Å². The molecule has 1 aromatic heterocycles. The van der Waals surface area contributed by atoms with Gasteiger partial charge in [-0.15, -0.1) is 0 Å². The van der Waals surface area contributed by atoms with Crippen LogP contribution < -0.4 is 27.4 Å². The van der Waals surface area contributed by atoms with Crippen molar-refractivity contribution < 1.29 is 39.0 Å². The van der Waals surface area contributed by atoms with E-state index >= 15 is 0 Å². The van der Waals surface area contributed by atoms with E-state index in [1.807, 2.05) is 0 Å². The van der Waals surface area contributed by atoms with E-state index in [0.29, 0.717) is 5.69 Å². The van der Waals surface area contributed by atoms with Gasteiger partial charge in [0.15, 0.2) is 0 Å². The number of hydrogen-bond acceptors (Lipinski definition) is 9. The van der Waals surface area contributed by atoms with Gasteiger partial charge in [-0.1, -0.05) is 0 Å². The molecule has 1 aromatic rings. The summed E-state index contributed by atoms with van der Waals surface area (Å²) in [6.45, 7) is 0. The Morgan fingerprint density at radius 3 is 2.09 bits per heavy atom. The van der Waals surface area contributed by atoms with Crippen molar-refractivity contribution in [3.05, 3.63) is 18.2 Å². The number of carboxylic acid groups (broad SMARTS) is 2. The van der Waals surface area contributed by atoms with Crippen LogP contribution >= 0.6 is 12.6 Å². The van der Waals surface area contributed by atoms with Crippen LogP contribution in [0.2, 0.25) is 0 Å². The van der Waals surface area contributed by atoms with Gasteiger partial charge in [0.1, 0.15) is 18.1 Å². The van der Waals surface area contributed by atoms with Gasteiger partial charge >= 0.3 is 11.9 Å². The minimum absolute atomic E-state index is 0.0795. The first-order valence-electron chi connectivity index (χ1n) is 9.92. The summed E-state index contributed by atoms with van der Waals surface area (Å²) in [5.74, 6) is -6.60. The molecule has 0 aliphatic rings. The number of carbonyl (C=O) groups excluding carboxylic acids is 4. The Morgan fingerprint density at radius 1 is 1.00 bits per heavy atom. The van der Waals surface area contributed by atoms with E-state index in [1.165, 1.54) is 12.5 Å². The molecule has 0 bridgehead atoms. The van der Waals surface area contributed by atoms with E-state index in [2.05, 4.69) is 38.5 Å². The molecule has 0 saturated heterocycles. The summed E-state index contributed by atoms with van der Waals surface area (Å²) in [6.07, 6.45) is 1.47. The first kappa shape index (κ1) is 28.4. The Kier molecular flexibility index (Phi) is 11.5. The second-order valence-corrected chi connectivity index (χ2v) is 7.56. The van der Waals surface area contributed by atoms with Gasteiger partial charge in [-0.3, -0.25) is 24.0 Å². The topological polar surface area (TPSA) is 260 Å². The van der Waals surface area contributed by atoms with Crippen molar-refractivity contribution in [3.8, 4) is 0 Å². The maximum atomic E-state index is 12.9. The molecule has 0 radical (unpaired) electrons. The minimum Gasteiger partial charge on any atom is -0.481 e. The van der Waals surface area contributed by atoms with E-state index in [1.54, 1.807) is 0 Å². The quantitative estimate of drug-likeness (QED) is 0.107. The smallest absolute Gasteiger partial charge is 0.327 e. The number of imidazole rings is 1. The Bertz CT molecular complexity index is 895. The molecule has 10 N–H and O–H groups in total. The number of carboxylic acids is 2. The summed E-state index contributed by atoms with van der Waals surface area (Å²) < 4.78 is 0. The molecule has 188 valence electrons. The van der Waals surface area contributed by atoms with E-state index in [0.717, 1.165) is 0 Å². The number of aromatic nitrogens is 2. The number of nitrogens with one attached hydrogen (secondary N) is 4. The number of aromatic amines is 1. The van der Waals surface area contributed by atoms with E-state index in [-0.39, 0.29) is 25.0 Å². The summed E-state index contributed by atoms with van der Waals surface area (Å²) in [7, 11) is 0. The van der Waals surface area contributed by atoms with Gasteiger partial charge < -0.3 is 42.6 Å². The second kappa shape index (κ2) is 13.8. The Morgan fingerprint density at radius 2 is 1.59 bits per heavy atom. The largest absolute Gasteiger partial charge is 0.481 e. The molecule has 0 aliphatic carbocycles. The first-order valence-corrected chi connectivity index (χ1v) is 10.6. The van der Waals surface area contributed by atoms with Crippen molar-refractivity contribution in [3.63, 3.8) is 0 Å². The molecule has 4 unspecified atom stereocenters. The lowest BCUT2D eigenvalue weighted by atomic mass is 10.1. The molecule has 16 heteroatoms. The Labute approximate surface area is 198 Å². The van der Waals surface area contributed by atoms with Gasteiger partial charge in [0.05, 0.1) is 18.8 Å². The number of amides is 4. The Hall–Kier alpha value is -3.66. The molecule has 0 aromatic carbocycles. The van der Waals surface area contributed by atoms with Crippen LogP contribution in [-0.2, 0) is 35.2 Å². The minimum atomic E-state index is -1.66. The highest BCUT2D eigenvalue weighted by Crippen LogP contribution is 2.04. The van der Waals surface area contributed by atoms with Crippen LogP contribution in [0.25, 0.3) is 0 Å². The van der Waals surface area contributed by atoms with Gasteiger partial charge in [-0.25, -0.2) is 9.78 Å². The lowest BCUT2D eigenvalue weighted by Gasteiger charge is -2.24. The highest BCUT2D eigenvalue weighted by Gasteiger charge is 2.31. The van der Waals surface area contributed by atoms with Crippen LogP contribution in [0.3, 0.4) is 0 Å². The normalized spacial score (nSPS) is 14.2. The number of hydrogen-bond donors (Lipinski definition) is 9. The number of thiol groups is 1. The van der Waals surface area contributed by atoms with Crippen molar-refractivity contribution in [1.29, 1.82) is 0 Å². The standard InChI is InChI=1S/C18H27N7O8S/c19-9(1-2-13(20)26)15(29)23-10(3-8-5-21-7-22-8)16(30)24-11(4-14(27)28)17(31)25-12(6-34)18(32)33/h5,7,9-12,34H,1-4,6,19H2,(H2,20,26)(H,21,22)(H,23,29)(H,24,30)(H,25,31)(H,27,28)(H,32,33). The molecule has 0 saturated carbocycles. The molecule has 15 nitrogen and oxygen atoms in total. The number of rotatable bonds is 15. The molecule has 0 aliphatic heterocycles. The average molecular weight is 502 g/mol. The van der Waals surface area contributed by atoms with Gasteiger partial charge in [-0.05, 0) is 6.42 Å². The number of aliphatic carboxylic acids is 2. The molecule has 0 fully saturated rings. The second-order valence-electron chi connectivity index (χ2n) is 7.19. The molecule has 1 heterocycles. The van der Waals surface area contributed by atoms with E-state index in [4.69, 9.17) is 21.7 Å². The maximum absolute atomic E-state index is 12.9. The number of carbonyl (C=O) groups is 6. The highest BCUT2D eigenvalue weighted by molar-refractivity contribution is 7.80. The van der Waals surface area contributed by atoms with Crippen LogP contribution in [0.15, 0.2) is 12.5 Å². The average Bonchev–Trinajstić information content (AvgIpc) is 3.26. The van der Waals surface area contributed by atoms with Crippen molar-refractivity contribution in [2.45, 2.75) is 49.9 Å². The lowest BCUT2D eigenvalue weighted by molar-refractivity contribution is -0.143. The number of nitrogens with two attached hydrogens (primary N) is 2. The summed E-state index contributed by atoms with van der Waals surface area (Å²) in [4.78, 5) is 77.6. The van der Waals surface area contributed by atoms with Gasteiger partial charge in [0, 0.05) is 30.5 Å². The van der Waals surface area contributed by atoms with Crippen molar-refractivity contribution in [2.75, 3.05) is 5.75 Å². The third-order valence-corrected chi connectivity index (χ3v) is 4.82.